The fourth-order valence-electron chi connectivity index (χ4n) is 4.38. The highest BCUT2D eigenvalue weighted by Gasteiger charge is 2.87. The van der Waals surface area contributed by atoms with Gasteiger partial charge < -0.3 is 4.74 Å². The van der Waals surface area contributed by atoms with Gasteiger partial charge in [-0.25, -0.2) is 0 Å². The number of carbonyl (C=O) groups excluding carboxylic acids is 4. The number of carbonyl (C=O) groups is 4. The average Bonchev–Trinajstić information content (AvgIpc) is 3.16. The Labute approximate surface area is 220 Å². The van der Waals surface area contributed by atoms with Gasteiger partial charge in [0.2, 0.25) is 11.8 Å². The van der Waals surface area contributed by atoms with E-state index in [9.17, 15) is 29.3 Å². The normalized spacial score (nSPS) is 31.2. The third-order valence-electron chi connectivity index (χ3n) is 6.05. The van der Waals surface area contributed by atoms with E-state index in [2.05, 4.69) is 0 Å². The Morgan fingerprint density at radius 1 is 0.971 bits per heavy atom. The van der Waals surface area contributed by atoms with Crippen LogP contribution in [0.3, 0.4) is 0 Å². The fraction of sp³-hybridized carbons (Fsp3) is 0.368. The van der Waals surface area contributed by atoms with E-state index in [0.717, 1.165) is 12.1 Å². The molecule has 2 bridgehead atoms. The van der Waals surface area contributed by atoms with Gasteiger partial charge >= 0.3 is 5.97 Å². The summed E-state index contributed by atoms with van der Waals surface area (Å²) in [4.78, 5) is 57.2. The molecule has 9 nitrogen and oxygen atoms in total. The van der Waals surface area contributed by atoms with Crippen LogP contribution in [0.5, 0.6) is 0 Å². The van der Waals surface area contributed by atoms with Gasteiger partial charge in [0.25, 0.3) is 5.69 Å². The third-order valence-corrected chi connectivity index (χ3v) is 10.3. The number of ether oxygens (including phenoxy) is 1. The smallest absolute Gasteiger partial charge is 0.326 e. The van der Waals surface area contributed by atoms with E-state index in [1.54, 1.807) is 0 Å². The minimum atomic E-state index is -2.10. The molecule has 2 aliphatic carbocycles. The Morgan fingerprint density at radius 2 is 1.44 bits per heavy atom. The molecular formula is C19H10Cl6N2O7. The first kappa shape index (κ1) is 25.5. The predicted molar refractivity (Wildman–Crippen MR) is 122 cm³/mol. The highest BCUT2D eigenvalue weighted by Crippen LogP contribution is 2.77. The van der Waals surface area contributed by atoms with Gasteiger partial charge in [0, 0.05) is 17.7 Å². The first-order chi connectivity index (χ1) is 15.7. The molecule has 0 N–H and O–H groups in total. The number of rotatable bonds is 6. The van der Waals surface area contributed by atoms with E-state index in [4.69, 9.17) is 74.3 Å². The molecule has 0 radical (unpaired) electrons. The number of nitro groups is 1. The number of nitrogens with zero attached hydrogens (tertiary/aromatic N) is 2. The second-order valence-electron chi connectivity index (χ2n) is 7.73. The minimum Gasteiger partial charge on any atom is -0.456 e. The molecule has 1 saturated carbocycles. The van der Waals surface area contributed by atoms with E-state index in [1.807, 2.05) is 0 Å². The molecule has 34 heavy (non-hydrogen) atoms. The number of amides is 2. The number of likely N-dealkylation sites (tertiary alicyclic amines) is 1. The second kappa shape index (κ2) is 8.21. The van der Waals surface area contributed by atoms with Crippen molar-refractivity contribution in [2.45, 2.75) is 14.1 Å². The maximum atomic E-state index is 13.0. The zero-order chi connectivity index (χ0) is 25.4. The largest absolute Gasteiger partial charge is 0.456 e. The van der Waals surface area contributed by atoms with Gasteiger partial charge in [-0.3, -0.25) is 34.2 Å². The molecule has 0 aromatic heterocycles. The number of fused-ring (bicyclic) bond motifs is 5. The van der Waals surface area contributed by atoms with Gasteiger partial charge in [0.05, 0.1) is 26.8 Å². The lowest BCUT2D eigenvalue weighted by Crippen LogP contribution is -2.50. The summed E-state index contributed by atoms with van der Waals surface area (Å²) >= 11 is 38.2. The molecule has 1 aliphatic heterocycles. The fourth-order valence-corrected chi connectivity index (χ4v) is 7.31. The van der Waals surface area contributed by atoms with Gasteiger partial charge in [0.1, 0.15) is 16.3 Å². The molecule has 1 aromatic carbocycles. The molecule has 1 aromatic rings. The molecule has 0 spiro atoms. The van der Waals surface area contributed by atoms with Crippen molar-refractivity contribution >= 4 is 98.9 Å². The first-order valence-electron chi connectivity index (χ1n) is 9.31. The summed E-state index contributed by atoms with van der Waals surface area (Å²) in [6, 6.07) is 4.63. The summed E-state index contributed by atoms with van der Waals surface area (Å²) in [6.45, 7) is -1.57. The van der Waals surface area contributed by atoms with Crippen molar-refractivity contribution in [1.29, 1.82) is 0 Å². The number of nitro benzene ring substituents is 1. The standard InChI is InChI=1S/C19H10Cl6N2O7/c20-13-14(21)18(23)12-11(17(13,22)19(18,24)25)15(30)26(16(12)31)5-10(29)34-6-9(28)7-1-3-8(4-2-7)27(32)33/h1-4,11-12H,5-6H2/t11-,12-,17+,18+/m0/s1. The Morgan fingerprint density at radius 3 is 1.88 bits per heavy atom. The maximum Gasteiger partial charge on any atom is 0.326 e. The number of ketones is 1. The summed E-state index contributed by atoms with van der Waals surface area (Å²) in [5.74, 6) is -6.33. The topological polar surface area (TPSA) is 124 Å². The molecule has 1 heterocycles. The molecular weight excluding hydrogens is 581 g/mol. The quantitative estimate of drug-likeness (QED) is 0.123. The van der Waals surface area contributed by atoms with Gasteiger partial charge in [-0.15, -0.1) is 23.2 Å². The zero-order valence-corrected chi connectivity index (χ0v) is 20.9. The van der Waals surface area contributed by atoms with Crippen molar-refractivity contribution in [3.05, 3.63) is 50.0 Å². The number of non-ortho nitro benzene ring substituents is 1. The molecule has 1 saturated heterocycles. The molecule has 0 unspecified atom stereocenters. The van der Waals surface area contributed by atoms with E-state index >= 15 is 0 Å². The first-order valence-corrected chi connectivity index (χ1v) is 11.6. The number of halogens is 6. The lowest BCUT2D eigenvalue weighted by Gasteiger charge is -2.34. The summed E-state index contributed by atoms with van der Waals surface area (Å²) in [6.07, 6.45) is 0. The molecule has 2 amide bonds. The monoisotopic (exact) mass is 588 g/mol. The Bertz CT molecular complexity index is 1160. The van der Waals surface area contributed by atoms with Crippen LogP contribution in [0.15, 0.2) is 34.3 Å². The maximum absolute atomic E-state index is 13.0. The van der Waals surface area contributed by atoms with Crippen LogP contribution >= 0.6 is 69.6 Å². The summed E-state index contributed by atoms with van der Waals surface area (Å²) in [5, 5.41) is 10.2. The van der Waals surface area contributed by atoms with Crippen molar-refractivity contribution in [2.75, 3.05) is 13.2 Å². The van der Waals surface area contributed by atoms with Crippen molar-refractivity contribution < 1.29 is 28.8 Å². The highest BCUT2D eigenvalue weighted by atomic mass is 35.5. The summed E-state index contributed by atoms with van der Waals surface area (Å²) < 4.78 is 2.77. The average molecular weight is 591 g/mol. The number of imide groups is 1. The van der Waals surface area contributed by atoms with Crippen LogP contribution in [0.25, 0.3) is 0 Å². The SMILES string of the molecule is O=C(CN1C(=O)[C@@H]2[C@@H](C1=O)[C@@]1(Cl)C(Cl)=C(Cl)[C@@]2(Cl)C1(Cl)Cl)OCC(=O)c1ccc([N+](=O)[O-])cc1. The van der Waals surface area contributed by atoms with E-state index in [-0.39, 0.29) is 21.3 Å². The van der Waals surface area contributed by atoms with Crippen molar-refractivity contribution in [2.24, 2.45) is 11.8 Å². The highest BCUT2D eigenvalue weighted by molar-refractivity contribution is 6.66. The zero-order valence-electron chi connectivity index (χ0n) is 16.4. The number of esters is 1. The van der Waals surface area contributed by atoms with Crippen LogP contribution < -0.4 is 0 Å². The second-order valence-corrected chi connectivity index (χ2v) is 11.0. The number of hydrogen-bond acceptors (Lipinski definition) is 7. The molecule has 2 fully saturated rings. The van der Waals surface area contributed by atoms with Crippen LogP contribution in [0.4, 0.5) is 5.69 Å². The summed E-state index contributed by atoms with van der Waals surface area (Å²) in [7, 11) is 0. The van der Waals surface area contributed by atoms with E-state index < -0.39 is 67.6 Å². The van der Waals surface area contributed by atoms with Gasteiger partial charge in [-0.2, -0.15) is 0 Å². The number of allylic oxidation sites excluding steroid dienone is 2. The van der Waals surface area contributed by atoms with Crippen molar-refractivity contribution in [3.63, 3.8) is 0 Å². The van der Waals surface area contributed by atoms with Crippen molar-refractivity contribution in [3.8, 4) is 0 Å². The molecule has 4 rings (SSSR count). The summed E-state index contributed by atoms with van der Waals surface area (Å²) in [5.41, 5.74) is -0.164. The van der Waals surface area contributed by atoms with Gasteiger partial charge in [-0.05, 0) is 12.1 Å². The molecule has 180 valence electrons. The molecule has 4 atom stereocenters. The van der Waals surface area contributed by atoms with E-state index in [1.165, 1.54) is 12.1 Å². The lowest BCUT2D eigenvalue weighted by molar-refractivity contribution is -0.384. The number of alkyl halides is 4. The number of hydrogen-bond donors (Lipinski definition) is 0. The molecule has 15 heteroatoms. The van der Waals surface area contributed by atoms with Crippen LogP contribution in [-0.2, 0) is 19.1 Å². The van der Waals surface area contributed by atoms with Crippen LogP contribution in [0.2, 0.25) is 0 Å². The predicted octanol–water partition coefficient (Wildman–Crippen LogP) is 3.77. The van der Waals surface area contributed by atoms with Gasteiger partial charge in [-0.1, -0.05) is 46.4 Å². The number of Topliss-reactive ketones (excluding diaryl/α,β-unsaturated/α-hetero) is 1. The van der Waals surface area contributed by atoms with Crippen molar-refractivity contribution in [1.82, 2.24) is 4.90 Å². The van der Waals surface area contributed by atoms with Crippen LogP contribution in [0, 0.1) is 22.0 Å². The third kappa shape index (κ3) is 3.14. The Hall–Kier alpha value is -1.62. The molecule has 3 aliphatic rings. The Kier molecular flexibility index (Phi) is 6.15. The lowest BCUT2D eigenvalue weighted by atomic mass is 9.84. The van der Waals surface area contributed by atoms with E-state index in [0.29, 0.717) is 4.90 Å². The minimum absolute atomic E-state index is 0.0573. The van der Waals surface area contributed by atoms with Crippen LogP contribution in [0.1, 0.15) is 10.4 Å². The van der Waals surface area contributed by atoms with Crippen LogP contribution in [-0.4, -0.2) is 60.6 Å². The van der Waals surface area contributed by atoms with Gasteiger partial charge in [0.15, 0.2) is 16.7 Å². The Balaban J connectivity index is 1.46. The number of benzene rings is 1.